The zero-order chi connectivity index (χ0) is 12.3. The van der Waals surface area contributed by atoms with Crippen LogP contribution in [0, 0.1) is 5.92 Å². The van der Waals surface area contributed by atoms with E-state index in [0.717, 1.165) is 5.56 Å². The van der Waals surface area contributed by atoms with Gasteiger partial charge in [-0.3, -0.25) is 0 Å². The molecule has 0 saturated carbocycles. The summed E-state index contributed by atoms with van der Waals surface area (Å²) in [5.74, 6) is 0.599. The average Bonchev–Trinajstić information content (AvgIpc) is 2.15. The highest BCUT2D eigenvalue weighted by atomic mass is 19.4. The fourth-order valence-electron chi connectivity index (χ4n) is 1.36. The normalized spacial score (nSPS) is 13.9. The molecule has 1 nitrogen and oxygen atoms in total. The standard InChI is InChI=1S/C12H15F3O/c1-8(2)9(3)10-4-6-11(7-5-10)16-12(13,14)15/h4-9H,1-3H3/t9-/m0/s1. The van der Waals surface area contributed by atoms with E-state index in [1.54, 1.807) is 12.1 Å². The van der Waals surface area contributed by atoms with Crippen molar-refractivity contribution in [3.05, 3.63) is 29.8 Å². The van der Waals surface area contributed by atoms with Gasteiger partial charge in [-0.2, -0.15) is 0 Å². The van der Waals surface area contributed by atoms with Gasteiger partial charge in [-0.05, 0) is 29.5 Å². The number of alkyl halides is 3. The van der Waals surface area contributed by atoms with Crippen LogP contribution in [0.25, 0.3) is 0 Å². The Bertz CT molecular complexity index is 327. The minimum atomic E-state index is -4.62. The van der Waals surface area contributed by atoms with Gasteiger partial charge in [-0.25, -0.2) is 0 Å². The van der Waals surface area contributed by atoms with E-state index in [2.05, 4.69) is 18.6 Å². The Morgan fingerprint density at radius 3 is 1.88 bits per heavy atom. The van der Waals surface area contributed by atoms with Crippen molar-refractivity contribution in [3.63, 3.8) is 0 Å². The van der Waals surface area contributed by atoms with Crippen LogP contribution in [0.4, 0.5) is 13.2 Å². The van der Waals surface area contributed by atoms with Crippen LogP contribution in [0.5, 0.6) is 5.75 Å². The maximum absolute atomic E-state index is 11.9. The second kappa shape index (κ2) is 4.76. The molecule has 1 atom stereocenters. The molecule has 0 aliphatic heterocycles. The van der Waals surface area contributed by atoms with Crippen LogP contribution >= 0.6 is 0 Å². The third kappa shape index (κ3) is 3.76. The van der Waals surface area contributed by atoms with Crippen molar-refractivity contribution >= 4 is 0 Å². The summed E-state index contributed by atoms with van der Waals surface area (Å²) in [7, 11) is 0. The first-order chi connectivity index (χ1) is 7.29. The lowest BCUT2D eigenvalue weighted by atomic mass is 9.90. The van der Waals surface area contributed by atoms with Crippen molar-refractivity contribution in [2.45, 2.75) is 33.1 Å². The number of hydrogen-bond acceptors (Lipinski definition) is 1. The fraction of sp³-hybridized carbons (Fsp3) is 0.500. The second-order valence-corrected chi connectivity index (χ2v) is 4.15. The molecule has 0 bridgehead atoms. The van der Waals surface area contributed by atoms with E-state index in [4.69, 9.17) is 0 Å². The summed E-state index contributed by atoms with van der Waals surface area (Å²) in [5, 5.41) is 0. The van der Waals surface area contributed by atoms with Crippen LogP contribution in [0.1, 0.15) is 32.3 Å². The summed E-state index contributed by atoms with van der Waals surface area (Å²) in [6, 6.07) is 6.04. The van der Waals surface area contributed by atoms with Crippen LogP contribution in [-0.2, 0) is 0 Å². The van der Waals surface area contributed by atoms with Crippen molar-refractivity contribution in [2.24, 2.45) is 5.92 Å². The zero-order valence-corrected chi connectivity index (χ0v) is 9.51. The van der Waals surface area contributed by atoms with Gasteiger partial charge in [0.1, 0.15) is 5.75 Å². The Morgan fingerprint density at radius 2 is 1.50 bits per heavy atom. The summed E-state index contributed by atoms with van der Waals surface area (Å²) in [5.41, 5.74) is 1.02. The first kappa shape index (κ1) is 12.9. The number of benzene rings is 1. The number of hydrogen-bond donors (Lipinski definition) is 0. The van der Waals surface area contributed by atoms with Crippen LogP contribution in [-0.4, -0.2) is 6.36 Å². The molecular weight excluding hydrogens is 217 g/mol. The highest BCUT2D eigenvalue weighted by molar-refractivity contribution is 5.29. The third-order valence-electron chi connectivity index (χ3n) is 2.64. The maximum atomic E-state index is 11.9. The molecule has 16 heavy (non-hydrogen) atoms. The highest BCUT2D eigenvalue weighted by Gasteiger charge is 2.31. The van der Waals surface area contributed by atoms with Crippen molar-refractivity contribution < 1.29 is 17.9 Å². The largest absolute Gasteiger partial charge is 0.573 e. The van der Waals surface area contributed by atoms with Crippen molar-refractivity contribution in [3.8, 4) is 5.75 Å². The van der Waals surface area contributed by atoms with Gasteiger partial charge < -0.3 is 4.74 Å². The quantitative estimate of drug-likeness (QED) is 0.753. The van der Waals surface area contributed by atoms with Crippen molar-refractivity contribution in [2.75, 3.05) is 0 Å². The lowest BCUT2D eigenvalue weighted by Crippen LogP contribution is -2.17. The van der Waals surface area contributed by atoms with Gasteiger partial charge >= 0.3 is 6.36 Å². The van der Waals surface area contributed by atoms with Gasteiger partial charge in [0.2, 0.25) is 0 Å². The van der Waals surface area contributed by atoms with Gasteiger partial charge in [0, 0.05) is 0 Å². The Balaban J connectivity index is 2.76. The van der Waals surface area contributed by atoms with Gasteiger partial charge in [-0.15, -0.1) is 13.2 Å². The van der Waals surface area contributed by atoms with Crippen LogP contribution in [0.3, 0.4) is 0 Å². The minimum Gasteiger partial charge on any atom is -0.406 e. The second-order valence-electron chi connectivity index (χ2n) is 4.15. The number of ether oxygens (including phenoxy) is 1. The molecular formula is C12H15F3O. The smallest absolute Gasteiger partial charge is 0.406 e. The molecule has 0 aliphatic carbocycles. The Labute approximate surface area is 93.2 Å². The molecule has 4 heteroatoms. The minimum absolute atomic E-state index is 0.174. The Kier molecular flexibility index (Phi) is 3.83. The summed E-state index contributed by atoms with van der Waals surface area (Å²) in [6.07, 6.45) is -4.62. The van der Waals surface area contributed by atoms with Crippen molar-refractivity contribution in [1.29, 1.82) is 0 Å². The Hall–Kier alpha value is -1.19. The van der Waals surface area contributed by atoms with Gasteiger partial charge in [0.25, 0.3) is 0 Å². The van der Waals surface area contributed by atoms with Gasteiger partial charge in [0.15, 0.2) is 0 Å². The lowest BCUT2D eigenvalue weighted by molar-refractivity contribution is -0.274. The summed E-state index contributed by atoms with van der Waals surface area (Å²) in [6.45, 7) is 6.19. The molecule has 0 heterocycles. The number of halogens is 3. The molecule has 90 valence electrons. The molecule has 0 aromatic heterocycles. The molecule has 1 aromatic rings. The third-order valence-corrected chi connectivity index (χ3v) is 2.64. The van der Waals surface area contributed by atoms with Crippen LogP contribution < -0.4 is 4.74 Å². The molecule has 0 radical (unpaired) electrons. The Morgan fingerprint density at radius 1 is 1.00 bits per heavy atom. The van der Waals surface area contributed by atoms with Crippen LogP contribution in [0.15, 0.2) is 24.3 Å². The van der Waals surface area contributed by atoms with E-state index >= 15 is 0 Å². The van der Waals surface area contributed by atoms with Crippen molar-refractivity contribution in [1.82, 2.24) is 0 Å². The molecule has 1 aromatic carbocycles. The molecule has 1 rings (SSSR count). The SMILES string of the molecule is CC(C)[C@H](C)c1ccc(OC(F)(F)F)cc1. The first-order valence-corrected chi connectivity index (χ1v) is 5.15. The lowest BCUT2D eigenvalue weighted by Gasteiger charge is -2.16. The summed E-state index contributed by atoms with van der Waals surface area (Å²) >= 11 is 0. The zero-order valence-electron chi connectivity index (χ0n) is 9.51. The molecule has 0 N–H and O–H groups in total. The maximum Gasteiger partial charge on any atom is 0.573 e. The van der Waals surface area contributed by atoms with E-state index < -0.39 is 6.36 Å². The van der Waals surface area contributed by atoms with E-state index in [9.17, 15) is 13.2 Å². The molecule has 0 saturated heterocycles. The van der Waals surface area contributed by atoms with E-state index in [1.165, 1.54) is 12.1 Å². The molecule has 0 unspecified atom stereocenters. The summed E-state index contributed by atoms with van der Waals surface area (Å²) in [4.78, 5) is 0. The highest BCUT2D eigenvalue weighted by Crippen LogP contribution is 2.27. The van der Waals surface area contributed by atoms with Crippen LogP contribution in [0.2, 0.25) is 0 Å². The van der Waals surface area contributed by atoms with E-state index in [-0.39, 0.29) is 5.75 Å². The molecule has 0 aliphatic rings. The summed E-state index contributed by atoms with van der Waals surface area (Å²) < 4.78 is 39.5. The van der Waals surface area contributed by atoms with E-state index in [1.807, 2.05) is 6.92 Å². The predicted octanol–water partition coefficient (Wildman–Crippen LogP) is 4.34. The number of rotatable bonds is 3. The fourth-order valence-corrected chi connectivity index (χ4v) is 1.36. The predicted molar refractivity (Wildman–Crippen MR) is 56.4 cm³/mol. The average molecular weight is 232 g/mol. The molecule has 0 fully saturated rings. The topological polar surface area (TPSA) is 9.23 Å². The molecule has 0 spiro atoms. The van der Waals surface area contributed by atoms with Gasteiger partial charge in [-0.1, -0.05) is 32.9 Å². The molecule has 0 amide bonds. The van der Waals surface area contributed by atoms with Gasteiger partial charge in [0.05, 0.1) is 0 Å². The van der Waals surface area contributed by atoms with E-state index in [0.29, 0.717) is 11.8 Å². The monoisotopic (exact) mass is 232 g/mol. The first-order valence-electron chi connectivity index (χ1n) is 5.15.